The summed E-state index contributed by atoms with van der Waals surface area (Å²) in [5, 5.41) is 5.95. The number of carbonyl (C=O) groups excluding carboxylic acids is 3. The van der Waals surface area contributed by atoms with Gasteiger partial charge in [0.2, 0.25) is 11.6 Å². The molecule has 0 bridgehead atoms. The Hall–Kier alpha value is -3.27. The highest BCUT2D eigenvalue weighted by Crippen LogP contribution is 2.37. The van der Waals surface area contributed by atoms with Crippen LogP contribution in [-0.2, 0) is 9.59 Å². The van der Waals surface area contributed by atoms with Gasteiger partial charge in [0.15, 0.2) is 5.13 Å². The number of thiazole rings is 1. The number of carbonyl (C=O) groups is 3. The summed E-state index contributed by atoms with van der Waals surface area (Å²) >= 11 is 0.874. The number of amides is 1. The fraction of sp³-hybridized carbons (Fsp3) is 0.333. The van der Waals surface area contributed by atoms with E-state index in [9.17, 15) is 18.8 Å². The molecule has 0 spiro atoms. The van der Waals surface area contributed by atoms with Crippen LogP contribution >= 0.6 is 11.3 Å². The van der Waals surface area contributed by atoms with Crippen molar-refractivity contribution in [2.75, 3.05) is 11.1 Å². The molecule has 3 rings (SSSR count). The predicted molar refractivity (Wildman–Crippen MR) is 117 cm³/mol. The van der Waals surface area contributed by atoms with E-state index < -0.39 is 23.3 Å². The lowest BCUT2D eigenvalue weighted by Crippen LogP contribution is -2.37. The fourth-order valence-corrected chi connectivity index (χ4v) is 4.27. The molecule has 1 heterocycles. The fourth-order valence-electron chi connectivity index (χ4n) is 3.42. The summed E-state index contributed by atoms with van der Waals surface area (Å²) in [6, 6.07) is 5.50. The summed E-state index contributed by atoms with van der Waals surface area (Å²) in [5.74, 6) is -2.99. The Kier molecular flexibility index (Phi) is 6.40. The van der Waals surface area contributed by atoms with Crippen molar-refractivity contribution in [2.24, 2.45) is 11.1 Å². The number of Topliss-reactive ketones (excluding diaryl/α,β-unsaturated/α-hetero) is 1. The largest absolute Gasteiger partial charge is 0.394 e. The lowest BCUT2D eigenvalue weighted by atomic mass is 9.92. The third-order valence-electron chi connectivity index (χ3n) is 5.03. The van der Waals surface area contributed by atoms with Crippen LogP contribution in [0.1, 0.15) is 42.8 Å². The number of hydrogen-bond acceptors (Lipinski definition) is 8. The number of aromatic nitrogens is 1. The normalized spacial score (nSPS) is 17.9. The van der Waals surface area contributed by atoms with Gasteiger partial charge in [0.05, 0.1) is 0 Å². The number of rotatable bonds is 7. The Morgan fingerprint density at radius 3 is 2.55 bits per heavy atom. The van der Waals surface area contributed by atoms with Gasteiger partial charge in [-0.3, -0.25) is 14.4 Å². The molecule has 1 aliphatic rings. The average Bonchev–Trinajstić information content (AvgIpc) is 3.23. The van der Waals surface area contributed by atoms with E-state index in [0.29, 0.717) is 5.69 Å². The van der Waals surface area contributed by atoms with E-state index in [-0.39, 0.29) is 33.0 Å². The third-order valence-corrected chi connectivity index (χ3v) is 6.02. The van der Waals surface area contributed by atoms with E-state index in [4.69, 9.17) is 11.5 Å². The van der Waals surface area contributed by atoms with Crippen molar-refractivity contribution in [3.8, 4) is 0 Å². The predicted octanol–water partition coefficient (Wildman–Crippen LogP) is 2.90. The minimum Gasteiger partial charge on any atom is -0.394 e. The van der Waals surface area contributed by atoms with Crippen molar-refractivity contribution in [2.45, 2.75) is 39.2 Å². The number of ketones is 2. The van der Waals surface area contributed by atoms with Crippen LogP contribution in [0.3, 0.4) is 0 Å². The molecule has 1 saturated carbocycles. The van der Waals surface area contributed by atoms with Crippen LogP contribution in [0.25, 0.3) is 0 Å². The van der Waals surface area contributed by atoms with E-state index in [1.54, 1.807) is 0 Å². The van der Waals surface area contributed by atoms with Crippen molar-refractivity contribution in [1.29, 1.82) is 0 Å². The average molecular weight is 446 g/mol. The van der Waals surface area contributed by atoms with Crippen molar-refractivity contribution in [3.05, 3.63) is 46.7 Å². The molecule has 8 nitrogen and oxygen atoms in total. The first-order chi connectivity index (χ1) is 14.5. The minimum atomic E-state index is -0.969. The van der Waals surface area contributed by atoms with E-state index >= 15 is 0 Å². The number of nitrogens with one attached hydrogen (secondary N) is 2. The van der Waals surface area contributed by atoms with Crippen molar-refractivity contribution < 1.29 is 18.8 Å². The van der Waals surface area contributed by atoms with E-state index in [0.717, 1.165) is 36.7 Å². The summed E-state index contributed by atoms with van der Waals surface area (Å²) in [7, 11) is 0. The highest BCUT2D eigenvalue weighted by atomic mass is 32.1. The molecule has 1 aromatic carbocycles. The SMILES string of the molecule is CC1(C)CCC(NC(=O)C(N)=CC(=O)C(=O)c2sc(Nc3ccc(F)cc3)nc2N)C1. The maximum atomic E-state index is 13.0. The van der Waals surface area contributed by atoms with Crippen LogP contribution in [0.5, 0.6) is 0 Å². The van der Waals surface area contributed by atoms with Gasteiger partial charge in [-0.1, -0.05) is 25.2 Å². The molecule has 164 valence electrons. The second-order valence-corrected chi connectivity index (χ2v) is 9.23. The van der Waals surface area contributed by atoms with Gasteiger partial charge in [0, 0.05) is 17.8 Å². The van der Waals surface area contributed by atoms with Crippen LogP contribution < -0.4 is 22.1 Å². The van der Waals surface area contributed by atoms with Gasteiger partial charge in [-0.2, -0.15) is 0 Å². The highest BCUT2D eigenvalue weighted by molar-refractivity contribution is 7.18. The number of allylic oxidation sites excluding steroid dienone is 1. The molecule has 31 heavy (non-hydrogen) atoms. The van der Waals surface area contributed by atoms with Crippen LogP contribution in [0.2, 0.25) is 0 Å². The molecule has 10 heteroatoms. The number of anilines is 3. The smallest absolute Gasteiger partial charge is 0.267 e. The Balaban J connectivity index is 1.65. The Bertz CT molecular complexity index is 1050. The Morgan fingerprint density at radius 1 is 1.26 bits per heavy atom. The van der Waals surface area contributed by atoms with Gasteiger partial charge in [-0.05, 0) is 48.9 Å². The molecule has 2 aromatic rings. The Morgan fingerprint density at radius 2 is 1.94 bits per heavy atom. The second kappa shape index (κ2) is 8.84. The lowest BCUT2D eigenvalue weighted by Gasteiger charge is -2.17. The summed E-state index contributed by atoms with van der Waals surface area (Å²) < 4.78 is 13.0. The molecule has 0 aliphatic heterocycles. The third kappa shape index (κ3) is 5.66. The van der Waals surface area contributed by atoms with Crippen LogP contribution in [0.4, 0.5) is 21.0 Å². The number of hydrogen-bond donors (Lipinski definition) is 4. The molecule has 1 unspecified atom stereocenters. The topological polar surface area (TPSA) is 140 Å². The second-order valence-electron chi connectivity index (χ2n) is 8.24. The standard InChI is InChI=1S/C21H24FN5O3S/c1-21(2)8-7-13(10-21)25-19(30)14(23)9-15(28)16(29)17-18(24)27-20(31-17)26-12-5-3-11(22)4-6-12/h3-6,9,13H,7-8,10,23-24H2,1-2H3,(H,25,30)(H,26,27). The number of nitrogen functional groups attached to an aromatic ring is 1. The monoisotopic (exact) mass is 445 g/mol. The first kappa shape index (κ1) is 22.4. The number of halogens is 1. The van der Waals surface area contributed by atoms with Crippen molar-refractivity contribution >= 4 is 45.4 Å². The molecular formula is C21H24FN5O3S. The van der Waals surface area contributed by atoms with Gasteiger partial charge < -0.3 is 22.1 Å². The summed E-state index contributed by atoms with van der Waals surface area (Å²) in [4.78, 5) is 41.0. The first-order valence-corrected chi connectivity index (χ1v) is 10.5. The van der Waals surface area contributed by atoms with E-state index in [1.807, 2.05) is 0 Å². The molecule has 6 N–H and O–H groups in total. The molecule has 1 aliphatic carbocycles. The summed E-state index contributed by atoms with van der Waals surface area (Å²) in [6.07, 6.45) is 3.45. The van der Waals surface area contributed by atoms with Gasteiger partial charge in [-0.25, -0.2) is 9.37 Å². The van der Waals surface area contributed by atoms with Gasteiger partial charge in [-0.15, -0.1) is 0 Å². The lowest BCUT2D eigenvalue weighted by molar-refractivity contribution is -0.118. The van der Waals surface area contributed by atoms with Crippen molar-refractivity contribution in [3.63, 3.8) is 0 Å². The molecule has 1 atom stereocenters. The quantitative estimate of drug-likeness (QED) is 0.292. The van der Waals surface area contributed by atoms with E-state index in [2.05, 4.69) is 29.5 Å². The maximum absolute atomic E-state index is 13.0. The summed E-state index contributed by atoms with van der Waals surface area (Å²) in [6.45, 7) is 4.25. The van der Waals surface area contributed by atoms with Crippen LogP contribution in [0, 0.1) is 11.2 Å². The number of nitrogens with two attached hydrogens (primary N) is 2. The zero-order chi connectivity index (χ0) is 22.8. The number of nitrogens with zero attached hydrogens (tertiary/aromatic N) is 1. The summed E-state index contributed by atoms with van der Waals surface area (Å²) in [5.41, 5.74) is 11.9. The van der Waals surface area contributed by atoms with Gasteiger partial charge >= 0.3 is 0 Å². The molecule has 1 aromatic heterocycles. The molecule has 1 fully saturated rings. The minimum absolute atomic E-state index is 0.0162. The maximum Gasteiger partial charge on any atom is 0.267 e. The first-order valence-electron chi connectivity index (χ1n) is 9.70. The van der Waals surface area contributed by atoms with Gasteiger partial charge in [0.1, 0.15) is 22.2 Å². The zero-order valence-electron chi connectivity index (χ0n) is 17.2. The number of benzene rings is 1. The molecular weight excluding hydrogens is 421 g/mol. The van der Waals surface area contributed by atoms with Crippen molar-refractivity contribution in [1.82, 2.24) is 10.3 Å². The Labute approximate surface area is 182 Å². The molecule has 1 amide bonds. The van der Waals surface area contributed by atoms with E-state index in [1.165, 1.54) is 24.3 Å². The molecule has 0 radical (unpaired) electrons. The highest BCUT2D eigenvalue weighted by Gasteiger charge is 2.32. The van der Waals surface area contributed by atoms with Crippen LogP contribution in [-0.4, -0.2) is 28.5 Å². The van der Waals surface area contributed by atoms with Gasteiger partial charge in [0.25, 0.3) is 5.91 Å². The molecule has 0 saturated heterocycles. The zero-order valence-corrected chi connectivity index (χ0v) is 18.0. The van der Waals surface area contributed by atoms with Crippen LogP contribution in [0.15, 0.2) is 36.0 Å².